The number of hydrogen-bond donors (Lipinski definition) is 0. The molecule has 27 heavy (non-hydrogen) atoms. The van der Waals surface area contributed by atoms with E-state index in [1.165, 1.54) is 77.2 Å². The fraction of sp³-hybridized carbons (Fsp3) is 1.00. The first kappa shape index (κ1) is 29.0. The lowest BCUT2D eigenvalue weighted by atomic mass is 10.1. The lowest BCUT2D eigenvalue weighted by molar-refractivity contribution is -0.870. The quantitative estimate of drug-likeness (QED) is 0.135. The molecular weight excluding hydrogens is 362 g/mol. The van der Waals surface area contributed by atoms with Crippen LogP contribution in [0.5, 0.6) is 0 Å². The van der Waals surface area contributed by atoms with E-state index in [9.17, 15) is 13.0 Å². The Labute approximate surface area is 170 Å². The molecule has 0 spiro atoms. The van der Waals surface area contributed by atoms with Crippen molar-refractivity contribution in [3.05, 3.63) is 0 Å². The zero-order valence-electron chi connectivity index (χ0n) is 18.8. The Morgan fingerprint density at radius 2 is 1.04 bits per heavy atom. The standard InChI is InChI=1S/C13H30N.C8H18O4S/c1-5-6-7-8-9-10-11-12-13-14(2,3)4;1-2-3-4-5-6-7-8-12-13(9,10)11/h5-13H2,1-4H3;2-8H2,1H3,(H,9,10,11)/q+1;/p-1. The molecule has 0 saturated heterocycles. The first-order chi connectivity index (χ1) is 12.6. The summed E-state index contributed by atoms with van der Waals surface area (Å²) in [7, 11) is 2.37. The van der Waals surface area contributed by atoms with Crippen LogP contribution in [0.2, 0.25) is 0 Å². The zero-order chi connectivity index (χ0) is 21.0. The Hall–Kier alpha value is -0.170. The highest BCUT2D eigenvalue weighted by Gasteiger charge is 2.04. The predicted octanol–water partition coefficient (Wildman–Crippen LogP) is 5.66. The van der Waals surface area contributed by atoms with Gasteiger partial charge >= 0.3 is 0 Å². The summed E-state index contributed by atoms with van der Waals surface area (Å²) in [4.78, 5) is 0. The average Bonchev–Trinajstić information content (AvgIpc) is 2.55. The molecule has 0 fully saturated rings. The van der Waals surface area contributed by atoms with Crippen LogP contribution in [0.3, 0.4) is 0 Å². The summed E-state index contributed by atoms with van der Waals surface area (Å²) in [6.45, 7) is 5.77. The second kappa shape index (κ2) is 19.2. The number of nitrogens with zero attached hydrogens (tertiary/aromatic N) is 1. The molecular formula is C21H47NO4S. The molecule has 0 aliphatic rings. The molecule has 0 rings (SSSR count). The first-order valence-electron chi connectivity index (χ1n) is 11.0. The average molecular weight is 410 g/mol. The monoisotopic (exact) mass is 409 g/mol. The SMILES string of the molecule is CCCCCCCCCC[N+](C)(C)C.CCCCCCCCOS(=O)(=O)[O-]. The third-order valence-electron chi connectivity index (χ3n) is 4.41. The van der Waals surface area contributed by atoms with Crippen LogP contribution in [0.4, 0.5) is 0 Å². The fourth-order valence-electron chi connectivity index (χ4n) is 2.76. The van der Waals surface area contributed by atoms with E-state index in [1.54, 1.807) is 0 Å². The van der Waals surface area contributed by atoms with Gasteiger partial charge in [-0.15, -0.1) is 0 Å². The summed E-state index contributed by atoms with van der Waals surface area (Å²) in [5, 5.41) is 0. The van der Waals surface area contributed by atoms with Crippen LogP contribution in [0.25, 0.3) is 0 Å². The molecule has 0 saturated carbocycles. The smallest absolute Gasteiger partial charge is 0.217 e. The largest absolute Gasteiger partial charge is 0.726 e. The molecule has 0 atom stereocenters. The maximum Gasteiger partial charge on any atom is 0.217 e. The van der Waals surface area contributed by atoms with Crippen molar-refractivity contribution in [1.29, 1.82) is 0 Å². The van der Waals surface area contributed by atoms with E-state index >= 15 is 0 Å². The molecule has 0 amide bonds. The second-order valence-electron chi connectivity index (χ2n) is 8.49. The van der Waals surface area contributed by atoms with E-state index in [2.05, 4.69) is 39.2 Å². The van der Waals surface area contributed by atoms with Crippen molar-refractivity contribution in [2.75, 3.05) is 34.3 Å². The van der Waals surface area contributed by atoms with Crippen molar-refractivity contribution in [2.24, 2.45) is 0 Å². The van der Waals surface area contributed by atoms with Gasteiger partial charge in [0.2, 0.25) is 10.4 Å². The Bertz CT molecular complexity index is 391. The van der Waals surface area contributed by atoms with Crippen molar-refractivity contribution in [2.45, 2.75) is 104 Å². The summed E-state index contributed by atoms with van der Waals surface area (Å²) in [5.74, 6) is 0. The number of unbranched alkanes of at least 4 members (excludes halogenated alkanes) is 12. The molecule has 0 aliphatic carbocycles. The fourth-order valence-corrected chi connectivity index (χ4v) is 3.09. The van der Waals surface area contributed by atoms with Crippen LogP contribution < -0.4 is 0 Å². The molecule has 166 valence electrons. The van der Waals surface area contributed by atoms with Gasteiger partial charge < -0.3 is 9.04 Å². The molecule has 0 aromatic carbocycles. The maximum absolute atomic E-state index is 9.99. The maximum atomic E-state index is 9.99. The van der Waals surface area contributed by atoms with E-state index in [1.807, 2.05) is 0 Å². The Balaban J connectivity index is 0. The molecule has 0 bridgehead atoms. The normalized spacial score (nSPS) is 11.9. The van der Waals surface area contributed by atoms with Crippen LogP contribution in [0.15, 0.2) is 0 Å². The highest BCUT2D eigenvalue weighted by atomic mass is 32.3. The third-order valence-corrected chi connectivity index (χ3v) is 4.86. The van der Waals surface area contributed by atoms with Gasteiger partial charge in [0.1, 0.15) is 0 Å². The van der Waals surface area contributed by atoms with E-state index < -0.39 is 10.4 Å². The molecule has 0 aromatic rings. The molecule has 0 unspecified atom stereocenters. The van der Waals surface area contributed by atoms with Gasteiger partial charge in [0.15, 0.2) is 0 Å². The van der Waals surface area contributed by atoms with Gasteiger partial charge in [-0.1, -0.05) is 84.5 Å². The van der Waals surface area contributed by atoms with Gasteiger partial charge in [-0.25, -0.2) is 8.42 Å². The molecule has 0 radical (unpaired) electrons. The third kappa shape index (κ3) is 33.8. The van der Waals surface area contributed by atoms with Crippen LogP contribution in [-0.4, -0.2) is 51.7 Å². The van der Waals surface area contributed by atoms with Crippen molar-refractivity contribution in [3.8, 4) is 0 Å². The molecule has 5 nitrogen and oxygen atoms in total. The first-order valence-corrected chi connectivity index (χ1v) is 12.4. The summed E-state index contributed by atoms with van der Waals surface area (Å²) < 4.78 is 35.1. The highest BCUT2D eigenvalue weighted by molar-refractivity contribution is 7.80. The van der Waals surface area contributed by atoms with E-state index in [0.717, 1.165) is 17.3 Å². The van der Waals surface area contributed by atoms with E-state index in [4.69, 9.17) is 0 Å². The Morgan fingerprint density at radius 1 is 0.667 bits per heavy atom. The van der Waals surface area contributed by atoms with Crippen LogP contribution in [0, 0.1) is 0 Å². The lowest BCUT2D eigenvalue weighted by Crippen LogP contribution is -2.35. The number of quaternary nitrogens is 1. The molecule has 0 aromatic heterocycles. The van der Waals surface area contributed by atoms with Crippen molar-refractivity contribution >= 4 is 10.4 Å². The minimum Gasteiger partial charge on any atom is -0.726 e. The van der Waals surface area contributed by atoms with Crippen LogP contribution in [-0.2, 0) is 14.6 Å². The second-order valence-corrected chi connectivity index (χ2v) is 9.54. The highest BCUT2D eigenvalue weighted by Crippen LogP contribution is 2.09. The minimum absolute atomic E-state index is 0.0258. The van der Waals surface area contributed by atoms with E-state index in [0.29, 0.717) is 6.42 Å². The van der Waals surface area contributed by atoms with Crippen LogP contribution >= 0.6 is 0 Å². The minimum atomic E-state index is -4.47. The molecule has 0 heterocycles. The van der Waals surface area contributed by atoms with Gasteiger partial charge in [0.25, 0.3) is 0 Å². The molecule has 0 aliphatic heterocycles. The number of rotatable bonds is 17. The Kier molecular flexibility index (Phi) is 20.6. The van der Waals surface area contributed by atoms with Crippen molar-refractivity contribution in [3.63, 3.8) is 0 Å². The van der Waals surface area contributed by atoms with Crippen LogP contribution in [0.1, 0.15) is 104 Å². The van der Waals surface area contributed by atoms with Crippen molar-refractivity contribution < 1.29 is 21.6 Å². The molecule has 6 heteroatoms. The van der Waals surface area contributed by atoms with Crippen molar-refractivity contribution in [1.82, 2.24) is 0 Å². The summed E-state index contributed by atoms with van der Waals surface area (Å²) >= 11 is 0. The summed E-state index contributed by atoms with van der Waals surface area (Å²) in [6, 6.07) is 0. The van der Waals surface area contributed by atoms with Gasteiger partial charge in [0, 0.05) is 0 Å². The van der Waals surface area contributed by atoms with Gasteiger partial charge in [-0.2, -0.15) is 0 Å². The van der Waals surface area contributed by atoms with Gasteiger partial charge in [-0.3, -0.25) is 4.18 Å². The van der Waals surface area contributed by atoms with Gasteiger partial charge in [0.05, 0.1) is 34.3 Å². The topological polar surface area (TPSA) is 66.4 Å². The van der Waals surface area contributed by atoms with Gasteiger partial charge in [-0.05, 0) is 19.3 Å². The Morgan fingerprint density at radius 3 is 1.41 bits per heavy atom. The number of hydrogen-bond acceptors (Lipinski definition) is 4. The summed E-state index contributed by atoms with van der Waals surface area (Å²) in [6.07, 6.45) is 17.6. The summed E-state index contributed by atoms with van der Waals surface area (Å²) in [5.41, 5.74) is 0. The molecule has 0 N–H and O–H groups in total. The predicted molar refractivity (Wildman–Crippen MR) is 115 cm³/mol. The zero-order valence-corrected chi connectivity index (χ0v) is 19.6. The van der Waals surface area contributed by atoms with E-state index in [-0.39, 0.29) is 6.61 Å². The lowest BCUT2D eigenvalue weighted by Gasteiger charge is -2.23.